The Labute approximate surface area is 152 Å². The maximum Gasteiger partial charge on any atom is 0.340 e. The molecule has 0 heterocycles. The highest BCUT2D eigenvalue weighted by atomic mass is 16.5. The second-order valence-electron chi connectivity index (χ2n) is 5.75. The summed E-state index contributed by atoms with van der Waals surface area (Å²) in [5.74, 6) is 0.974. The molecule has 3 aromatic carbocycles. The van der Waals surface area contributed by atoms with Crippen molar-refractivity contribution in [1.82, 2.24) is 0 Å². The predicted octanol–water partition coefficient (Wildman–Crippen LogP) is 4.28. The number of ether oxygens (including phenoxy) is 3. The smallest absolute Gasteiger partial charge is 0.340 e. The lowest BCUT2D eigenvalue weighted by Crippen LogP contribution is -2.10. The Morgan fingerprint density at radius 3 is 2.23 bits per heavy atom. The van der Waals surface area contributed by atoms with Crippen LogP contribution in [0.15, 0.2) is 48.5 Å². The highest BCUT2D eigenvalue weighted by Gasteiger charge is 2.20. The van der Waals surface area contributed by atoms with Gasteiger partial charge in [-0.25, -0.2) is 4.79 Å². The molecular formula is C21H21NO4. The van der Waals surface area contributed by atoms with Crippen LogP contribution in [0.1, 0.15) is 17.3 Å². The van der Waals surface area contributed by atoms with E-state index in [-0.39, 0.29) is 6.61 Å². The zero-order chi connectivity index (χ0) is 18.7. The summed E-state index contributed by atoms with van der Waals surface area (Å²) in [5.41, 5.74) is 8.71. The summed E-state index contributed by atoms with van der Waals surface area (Å²) < 4.78 is 15.7. The van der Waals surface area contributed by atoms with Gasteiger partial charge in [0, 0.05) is 5.39 Å². The van der Waals surface area contributed by atoms with Crippen LogP contribution in [0.4, 0.5) is 5.69 Å². The van der Waals surface area contributed by atoms with Gasteiger partial charge in [-0.05, 0) is 53.8 Å². The standard InChI is InChI=1S/C21H21NO4/c1-4-26-21(23)19-17(13-5-8-15(24-2)9-6-13)11-14-7-10-16(25-3)12-18(14)20(19)22/h5-12H,4,22H2,1-3H3. The Bertz CT molecular complexity index is 948. The van der Waals surface area contributed by atoms with E-state index in [1.807, 2.05) is 48.5 Å². The van der Waals surface area contributed by atoms with Crippen molar-refractivity contribution < 1.29 is 19.0 Å². The molecule has 0 spiro atoms. The first-order chi connectivity index (χ1) is 12.6. The molecule has 3 rings (SSSR count). The van der Waals surface area contributed by atoms with Gasteiger partial charge in [0.15, 0.2) is 0 Å². The minimum Gasteiger partial charge on any atom is -0.497 e. The number of fused-ring (bicyclic) bond motifs is 1. The molecule has 5 nitrogen and oxygen atoms in total. The van der Waals surface area contributed by atoms with Crippen LogP contribution in [0, 0.1) is 0 Å². The first kappa shape index (κ1) is 17.6. The van der Waals surface area contributed by atoms with Gasteiger partial charge in [0.1, 0.15) is 11.5 Å². The van der Waals surface area contributed by atoms with E-state index in [1.165, 1.54) is 0 Å². The molecule has 0 unspecified atom stereocenters. The molecule has 0 amide bonds. The second-order valence-corrected chi connectivity index (χ2v) is 5.75. The summed E-state index contributed by atoms with van der Waals surface area (Å²) in [6.45, 7) is 2.04. The van der Waals surface area contributed by atoms with Gasteiger partial charge in [-0.1, -0.05) is 18.2 Å². The van der Waals surface area contributed by atoms with Gasteiger partial charge in [-0.3, -0.25) is 0 Å². The zero-order valence-electron chi connectivity index (χ0n) is 15.0. The molecule has 0 aliphatic heterocycles. The number of nitrogen functional groups attached to an aromatic ring is 1. The van der Waals surface area contributed by atoms with Gasteiger partial charge in [0.25, 0.3) is 0 Å². The molecule has 0 aromatic heterocycles. The molecule has 0 saturated carbocycles. The van der Waals surface area contributed by atoms with Gasteiger partial charge in [-0.15, -0.1) is 0 Å². The van der Waals surface area contributed by atoms with Crippen LogP contribution in [-0.4, -0.2) is 26.8 Å². The van der Waals surface area contributed by atoms with Crippen molar-refractivity contribution in [3.63, 3.8) is 0 Å². The van der Waals surface area contributed by atoms with Crippen LogP contribution in [0.2, 0.25) is 0 Å². The number of benzene rings is 3. The summed E-state index contributed by atoms with van der Waals surface area (Å²) in [7, 11) is 3.20. The van der Waals surface area contributed by atoms with E-state index in [0.717, 1.165) is 27.6 Å². The minimum absolute atomic E-state index is 0.274. The third-order valence-corrected chi connectivity index (χ3v) is 4.27. The van der Waals surface area contributed by atoms with Crippen molar-refractivity contribution in [2.24, 2.45) is 0 Å². The third-order valence-electron chi connectivity index (χ3n) is 4.27. The quantitative estimate of drug-likeness (QED) is 0.549. The monoisotopic (exact) mass is 351 g/mol. The highest BCUT2D eigenvalue weighted by molar-refractivity contribution is 6.11. The van der Waals surface area contributed by atoms with Crippen molar-refractivity contribution in [3.05, 3.63) is 54.1 Å². The Kier molecular flexibility index (Phi) is 4.98. The molecule has 134 valence electrons. The number of esters is 1. The van der Waals surface area contributed by atoms with E-state index in [1.54, 1.807) is 21.1 Å². The number of carbonyl (C=O) groups excluding carboxylic acids is 1. The molecule has 0 aliphatic carbocycles. The fourth-order valence-electron chi connectivity index (χ4n) is 2.95. The molecule has 0 fully saturated rings. The number of hydrogen-bond donors (Lipinski definition) is 1. The molecule has 3 aromatic rings. The molecule has 0 radical (unpaired) electrons. The SMILES string of the molecule is CCOC(=O)c1c(-c2ccc(OC)cc2)cc2ccc(OC)cc2c1N. The van der Waals surface area contributed by atoms with E-state index in [4.69, 9.17) is 19.9 Å². The third kappa shape index (κ3) is 3.16. The predicted molar refractivity (Wildman–Crippen MR) is 103 cm³/mol. The minimum atomic E-state index is -0.444. The molecule has 2 N–H and O–H groups in total. The largest absolute Gasteiger partial charge is 0.497 e. The van der Waals surface area contributed by atoms with Crippen molar-refractivity contribution in [2.45, 2.75) is 6.92 Å². The molecule has 0 atom stereocenters. The number of methoxy groups -OCH3 is 2. The van der Waals surface area contributed by atoms with E-state index in [0.29, 0.717) is 17.0 Å². The number of nitrogens with two attached hydrogens (primary N) is 1. The topological polar surface area (TPSA) is 70.8 Å². The number of carbonyl (C=O) groups is 1. The molecule has 0 saturated heterocycles. The van der Waals surface area contributed by atoms with E-state index in [9.17, 15) is 4.79 Å². The van der Waals surface area contributed by atoms with E-state index < -0.39 is 5.97 Å². The Morgan fingerprint density at radius 2 is 1.62 bits per heavy atom. The van der Waals surface area contributed by atoms with Crippen LogP contribution in [0.3, 0.4) is 0 Å². The lowest BCUT2D eigenvalue weighted by atomic mass is 9.93. The van der Waals surface area contributed by atoms with Crippen molar-refractivity contribution in [3.8, 4) is 22.6 Å². The van der Waals surface area contributed by atoms with Gasteiger partial charge in [0.05, 0.1) is 32.1 Å². The van der Waals surface area contributed by atoms with Gasteiger partial charge < -0.3 is 19.9 Å². The van der Waals surface area contributed by atoms with E-state index in [2.05, 4.69) is 0 Å². The van der Waals surface area contributed by atoms with Crippen LogP contribution >= 0.6 is 0 Å². The van der Waals surface area contributed by atoms with Crippen LogP contribution in [-0.2, 0) is 4.74 Å². The molecule has 5 heteroatoms. The fraction of sp³-hybridized carbons (Fsp3) is 0.190. The average molecular weight is 351 g/mol. The maximum atomic E-state index is 12.6. The van der Waals surface area contributed by atoms with Crippen LogP contribution in [0.5, 0.6) is 11.5 Å². The summed E-state index contributed by atoms with van der Waals surface area (Å²) >= 11 is 0. The fourth-order valence-corrected chi connectivity index (χ4v) is 2.95. The average Bonchev–Trinajstić information content (AvgIpc) is 2.67. The molecular weight excluding hydrogens is 330 g/mol. The Morgan fingerprint density at radius 1 is 0.962 bits per heavy atom. The first-order valence-corrected chi connectivity index (χ1v) is 8.30. The summed E-state index contributed by atoms with van der Waals surface area (Å²) in [5, 5.41) is 1.67. The van der Waals surface area contributed by atoms with Gasteiger partial charge in [-0.2, -0.15) is 0 Å². The first-order valence-electron chi connectivity index (χ1n) is 8.30. The Balaban J connectivity index is 2.28. The Hall–Kier alpha value is -3.21. The van der Waals surface area contributed by atoms with Crippen molar-refractivity contribution >= 4 is 22.4 Å². The van der Waals surface area contributed by atoms with Crippen LogP contribution in [0.25, 0.3) is 21.9 Å². The lowest BCUT2D eigenvalue weighted by molar-refractivity contribution is 0.0528. The van der Waals surface area contributed by atoms with Crippen molar-refractivity contribution in [2.75, 3.05) is 26.6 Å². The van der Waals surface area contributed by atoms with Gasteiger partial charge in [0.2, 0.25) is 0 Å². The summed E-state index contributed by atoms with van der Waals surface area (Å²) in [6, 6.07) is 15.0. The normalized spacial score (nSPS) is 10.6. The summed E-state index contributed by atoms with van der Waals surface area (Å²) in [4.78, 5) is 12.6. The number of rotatable bonds is 5. The van der Waals surface area contributed by atoms with Gasteiger partial charge >= 0.3 is 5.97 Å². The van der Waals surface area contributed by atoms with Crippen LogP contribution < -0.4 is 15.2 Å². The number of hydrogen-bond acceptors (Lipinski definition) is 5. The molecule has 0 bridgehead atoms. The molecule has 26 heavy (non-hydrogen) atoms. The van der Waals surface area contributed by atoms with Crippen molar-refractivity contribution in [1.29, 1.82) is 0 Å². The second kappa shape index (κ2) is 7.35. The number of anilines is 1. The summed E-state index contributed by atoms with van der Waals surface area (Å²) in [6.07, 6.45) is 0. The lowest BCUT2D eigenvalue weighted by Gasteiger charge is -2.15. The maximum absolute atomic E-state index is 12.6. The zero-order valence-corrected chi connectivity index (χ0v) is 15.0. The molecule has 0 aliphatic rings. The van der Waals surface area contributed by atoms with E-state index >= 15 is 0 Å². The highest BCUT2D eigenvalue weighted by Crippen LogP contribution is 2.37.